The molecule has 0 unspecified atom stereocenters. The Morgan fingerprint density at radius 3 is 1.50 bits per heavy atom. The van der Waals surface area contributed by atoms with Crippen molar-refractivity contribution < 1.29 is 33.4 Å². The molecule has 0 aliphatic carbocycles. The monoisotopic (exact) mass is 739 g/mol. The number of benzene rings is 2. The van der Waals surface area contributed by atoms with E-state index < -0.39 is 12.2 Å². The van der Waals surface area contributed by atoms with Crippen molar-refractivity contribution >= 4 is 29.9 Å². The fourth-order valence-corrected chi connectivity index (χ4v) is 5.10. The Bertz CT molecular complexity index is 1960. The van der Waals surface area contributed by atoms with Crippen LogP contribution in [0.25, 0.3) is 22.5 Å². The molecule has 5 amide bonds. The van der Waals surface area contributed by atoms with Crippen LogP contribution in [0, 0.1) is 11.8 Å². The molecule has 16 nitrogen and oxygen atoms in total. The highest BCUT2D eigenvalue weighted by atomic mass is 16.5. The molecule has 0 bridgehead atoms. The van der Waals surface area contributed by atoms with E-state index in [-0.39, 0.29) is 50.4 Å². The average Bonchev–Trinajstić information content (AvgIpc) is 3.86. The third-order valence-corrected chi connectivity index (χ3v) is 8.26. The normalized spacial score (nSPS) is 10.4. The molecule has 0 saturated heterocycles. The van der Waals surface area contributed by atoms with E-state index >= 15 is 0 Å². The number of likely N-dealkylation sites (N-methyl/N-ethyl adjacent to an activating group) is 1. The second-order valence-electron chi connectivity index (χ2n) is 12.2. The zero-order valence-corrected chi connectivity index (χ0v) is 31.0. The summed E-state index contributed by atoms with van der Waals surface area (Å²) in [5, 5.41) is 4.81. The number of methoxy groups -OCH3 is 2. The largest absolute Gasteiger partial charge is 0.453 e. The molecule has 16 heteroatoms. The molecule has 0 radical (unpaired) electrons. The summed E-state index contributed by atoms with van der Waals surface area (Å²) in [5.41, 5.74) is 4.99. The van der Waals surface area contributed by atoms with Gasteiger partial charge in [0, 0.05) is 44.7 Å². The summed E-state index contributed by atoms with van der Waals surface area (Å²) >= 11 is 0. The minimum Gasteiger partial charge on any atom is -0.453 e. The van der Waals surface area contributed by atoms with Crippen molar-refractivity contribution in [2.75, 3.05) is 54.0 Å². The number of alkyl carbamates (subject to hydrolysis) is 2. The molecular weight excluding hydrogens is 694 g/mol. The molecule has 0 saturated carbocycles. The van der Waals surface area contributed by atoms with Crippen molar-refractivity contribution in [3.05, 3.63) is 83.7 Å². The lowest BCUT2D eigenvalue weighted by atomic mass is 10.1. The summed E-state index contributed by atoms with van der Waals surface area (Å²) in [5.74, 6) is 6.83. The number of aromatic amines is 2. The maximum atomic E-state index is 12.9. The molecule has 2 aromatic carbocycles. The molecule has 4 rings (SSSR count). The zero-order valence-electron chi connectivity index (χ0n) is 31.0. The number of hydrogen-bond acceptors (Lipinski definition) is 9. The van der Waals surface area contributed by atoms with E-state index in [0.29, 0.717) is 24.7 Å². The Balaban J connectivity index is 1.35. The van der Waals surface area contributed by atoms with Gasteiger partial charge in [0.25, 0.3) is 0 Å². The van der Waals surface area contributed by atoms with Gasteiger partial charge in [-0.15, -0.1) is 0 Å². The highest BCUT2D eigenvalue weighted by Crippen LogP contribution is 2.20. The van der Waals surface area contributed by atoms with Crippen LogP contribution < -0.4 is 10.6 Å². The van der Waals surface area contributed by atoms with Crippen LogP contribution in [0.4, 0.5) is 9.59 Å². The zero-order chi connectivity index (χ0) is 39.0. The predicted octanol–water partition coefficient (Wildman–Crippen LogP) is 3.12. The smallest absolute Gasteiger partial charge is 0.407 e. The Labute approximate surface area is 313 Å². The molecule has 4 N–H and O–H groups in total. The first kappa shape index (κ1) is 40.1. The highest BCUT2D eigenvalue weighted by molar-refractivity contribution is 5.83. The van der Waals surface area contributed by atoms with E-state index in [9.17, 15) is 24.0 Å². The van der Waals surface area contributed by atoms with Gasteiger partial charge in [0.1, 0.15) is 24.7 Å². The van der Waals surface area contributed by atoms with Crippen molar-refractivity contribution in [2.45, 2.75) is 33.4 Å². The molecule has 284 valence electrons. The summed E-state index contributed by atoms with van der Waals surface area (Å²) in [7, 11) is 4.11. The predicted molar refractivity (Wildman–Crippen MR) is 199 cm³/mol. The van der Waals surface area contributed by atoms with Gasteiger partial charge in [0.05, 0.1) is 51.1 Å². The van der Waals surface area contributed by atoms with E-state index in [1.807, 2.05) is 55.5 Å². The SMILES string of the molecule is CCCN(Cc1ncc(-c2ccc(C#Cc3ccc(-c4cnc(CN(CCN(C)C(C)=O)C(=O)CNC(=O)OC)[nH]4)cc3)cc2)[nH]1)C(=O)CNC(=O)OC. The number of ether oxygens (including phenoxy) is 2. The van der Waals surface area contributed by atoms with Crippen LogP contribution in [0.1, 0.15) is 43.0 Å². The molecular formula is C38H45N9O7. The summed E-state index contributed by atoms with van der Waals surface area (Å²) in [6.07, 6.45) is 2.78. The summed E-state index contributed by atoms with van der Waals surface area (Å²) in [4.78, 5) is 80.1. The lowest BCUT2D eigenvalue weighted by molar-refractivity contribution is -0.133. The Morgan fingerprint density at radius 1 is 0.685 bits per heavy atom. The first-order chi connectivity index (χ1) is 26.0. The van der Waals surface area contributed by atoms with Crippen LogP contribution in [0.15, 0.2) is 60.9 Å². The van der Waals surface area contributed by atoms with Gasteiger partial charge < -0.3 is 44.8 Å². The fraction of sp³-hybridized carbons (Fsp3) is 0.342. The number of carbonyl (C=O) groups is 5. The lowest BCUT2D eigenvalue weighted by Crippen LogP contribution is -2.43. The first-order valence-corrected chi connectivity index (χ1v) is 17.2. The molecule has 0 aliphatic rings. The number of carbonyl (C=O) groups excluding carboxylic acids is 5. The molecule has 2 aromatic heterocycles. The van der Waals surface area contributed by atoms with E-state index in [2.05, 4.69) is 51.9 Å². The number of nitrogens with one attached hydrogen (secondary N) is 4. The molecule has 0 fully saturated rings. The number of aromatic nitrogens is 4. The maximum Gasteiger partial charge on any atom is 0.407 e. The summed E-state index contributed by atoms with van der Waals surface area (Å²) < 4.78 is 9.10. The molecule has 0 aliphatic heterocycles. The molecule has 0 spiro atoms. The minimum atomic E-state index is -0.716. The Hall–Kier alpha value is -6.63. The lowest BCUT2D eigenvalue weighted by Gasteiger charge is -2.24. The third-order valence-electron chi connectivity index (χ3n) is 8.26. The standard InChI is InChI=1S/C38H45N9O7/c1-6-17-46(35(49)22-41-37(51)53-4)24-33-39-20-31(43-33)29-13-9-27(10-14-29)7-8-28-11-15-30(16-12-28)32-21-40-34(44-32)25-47(19-18-45(3)26(2)48)36(50)23-42-38(52)54-5/h9-16,20-21H,6,17-19,22-25H2,1-5H3,(H,39,43)(H,40,44)(H,41,51)(H,42,52). The second-order valence-corrected chi connectivity index (χ2v) is 12.2. The van der Waals surface area contributed by atoms with Crippen LogP contribution in [-0.4, -0.2) is 119 Å². The van der Waals surface area contributed by atoms with Crippen LogP contribution in [0.5, 0.6) is 0 Å². The highest BCUT2D eigenvalue weighted by Gasteiger charge is 2.19. The van der Waals surface area contributed by atoms with E-state index in [1.165, 1.54) is 30.9 Å². The number of imidazole rings is 2. The van der Waals surface area contributed by atoms with Gasteiger partial charge in [-0.05, 0) is 41.8 Å². The van der Waals surface area contributed by atoms with Gasteiger partial charge in [-0.2, -0.15) is 0 Å². The molecule has 54 heavy (non-hydrogen) atoms. The number of H-pyrrole nitrogens is 2. The van der Waals surface area contributed by atoms with Gasteiger partial charge in [-0.3, -0.25) is 14.4 Å². The number of hydrogen-bond donors (Lipinski definition) is 4. The third kappa shape index (κ3) is 12.0. The quantitative estimate of drug-likeness (QED) is 0.133. The van der Waals surface area contributed by atoms with Crippen LogP contribution in [-0.2, 0) is 36.9 Å². The topological polar surface area (TPSA) is 195 Å². The van der Waals surface area contributed by atoms with Crippen molar-refractivity contribution in [1.29, 1.82) is 0 Å². The van der Waals surface area contributed by atoms with Gasteiger partial charge in [-0.25, -0.2) is 19.6 Å². The molecule has 2 heterocycles. The van der Waals surface area contributed by atoms with Gasteiger partial charge >= 0.3 is 12.2 Å². The van der Waals surface area contributed by atoms with E-state index in [0.717, 1.165) is 40.1 Å². The average molecular weight is 740 g/mol. The number of nitrogens with zero attached hydrogens (tertiary/aromatic N) is 5. The van der Waals surface area contributed by atoms with Crippen molar-refractivity contribution in [1.82, 2.24) is 45.3 Å². The van der Waals surface area contributed by atoms with E-state index in [4.69, 9.17) is 0 Å². The molecule has 4 aromatic rings. The maximum absolute atomic E-state index is 12.9. The van der Waals surface area contributed by atoms with Crippen LogP contribution >= 0.6 is 0 Å². The Kier molecular flexibility index (Phi) is 14.7. The molecule has 0 atom stereocenters. The van der Waals surface area contributed by atoms with Crippen LogP contribution in [0.3, 0.4) is 0 Å². The Morgan fingerprint density at radius 2 is 1.11 bits per heavy atom. The number of amides is 5. The minimum absolute atomic E-state index is 0.127. The second kappa shape index (κ2) is 19.8. The first-order valence-electron chi connectivity index (χ1n) is 17.2. The fourth-order valence-electron chi connectivity index (χ4n) is 5.10. The van der Waals surface area contributed by atoms with Gasteiger partial charge in [0.2, 0.25) is 17.7 Å². The van der Waals surface area contributed by atoms with Crippen molar-refractivity contribution in [2.24, 2.45) is 0 Å². The van der Waals surface area contributed by atoms with Crippen molar-refractivity contribution in [3.63, 3.8) is 0 Å². The van der Waals surface area contributed by atoms with Crippen LogP contribution in [0.2, 0.25) is 0 Å². The van der Waals surface area contributed by atoms with Gasteiger partial charge in [-0.1, -0.05) is 43.0 Å². The van der Waals surface area contributed by atoms with Crippen molar-refractivity contribution in [3.8, 4) is 34.4 Å². The summed E-state index contributed by atoms with van der Waals surface area (Å²) in [6, 6.07) is 15.4. The van der Waals surface area contributed by atoms with Gasteiger partial charge in [0.15, 0.2) is 0 Å². The van der Waals surface area contributed by atoms with E-state index in [1.54, 1.807) is 24.3 Å². The summed E-state index contributed by atoms with van der Waals surface area (Å²) in [6.45, 7) is 4.50. The number of rotatable bonds is 15.